The highest BCUT2D eigenvalue weighted by Crippen LogP contribution is 2.17. The largest absolute Gasteiger partial charge is 0.508 e. The van der Waals surface area contributed by atoms with E-state index in [1.54, 1.807) is 12.1 Å². The summed E-state index contributed by atoms with van der Waals surface area (Å²) in [5.74, 6) is 0.187. The van der Waals surface area contributed by atoms with Gasteiger partial charge in [-0.15, -0.1) is 0 Å². The maximum Gasteiger partial charge on any atom is 0.305 e. The molecule has 0 atom stereocenters. The Labute approximate surface area is 293 Å². The molecule has 0 spiro atoms. The molecule has 47 heavy (non-hydrogen) atoms. The van der Waals surface area contributed by atoms with Crippen molar-refractivity contribution < 1.29 is 14.6 Å². The molecule has 1 aromatic carbocycles. The van der Waals surface area contributed by atoms with Crippen LogP contribution < -0.4 is 0 Å². The first-order valence-electron chi connectivity index (χ1n) is 21.2. The Morgan fingerprint density at radius 1 is 0.447 bits per heavy atom. The van der Waals surface area contributed by atoms with Crippen molar-refractivity contribution in [1.82, 2.24) is 0 Å². The lowest BCUT2D eigenvalue weighted by Gasteiger charge is -2.06. The molecule has 1 rings (SSSR count). The summed E-state index contributed by atoms with van der Waals surface area (Å²) < 4.78 is 5.34. The van der Waals surface area contributed by atoms with Gasteiger partial charge in [0.2, 0.25) is 0 Å². The smallest absolute Gasteiger partial charge is 0.305 e. The van der Waals surface area contributed by atoms with Crippen molar-refractivity contribution in [2.45, 2.75) is 232 Å². The maximum absolute atomic E-state index is 11.9. The highest BCUT2D eigenvalue weighted by Gasteiger charge is 2.03. The van der Waals surface area contributed by atoms with E-state index >= 15 is 0 Å². The standard InChI is InChI=1S/C44H80O3/c1-2-3-4-5-6-7-8-9-10-11-12-13-14-15-16-17-18-19-20-21-22-23-24-25-26-27-28-29-30-31-32-33-34-35-44(46)47-41-40-42-36-38-43(45)39-37-42/h36-39,45H,2-35,40-41H2,1H3. The molecule has 0 unspecified atom stereocenters. The third-order valence-electron chi connectivity index (χ3n) is 10.1. The molecule has 274 valence electrons. The van der Waals surface area contributed by atoms with E-state index in [2.05, 4.69) is 6.92 Å². The molecule has 1 aromatic rings. The van der Waals surface area contributed by atoms with E-state index in [1.165, 1.54) is 199 Å². The first kappa shape index (κ1) is 43.5. The molecule has 0 aromatic heterocycles. The highest BCUT2D eigenvalue weighted by atomic mass is 16.5. The van der Waals surface area contributed by atoms with Gasteiger partial charge in [-0.2, -0.15) is 0 Å². The van der Waals surface area contributed by atoms with Crippen LogP contribution in [0, 0.1) is 0 Å². The normalized spacial score (nSPS) is 11.3. The zero-order valence-electron chi connectivity index (χ0n) is 31.5. The number of phenols is 1. The molecule has 0 amide bonds. The van der Waals surface area contributed by atoms with E-state index in [9.17, 15) is 9.90 Å². The lowest BCUT2D eigenvalue weighted by molar-refractivity contribution is -0.143. The molecular weight excluding hydrogens is 576 g/mol. The minimum Gasteiger partial charge on any atom is -0.508 e. The van der Waals surface area contributed by atoms with Gasteiger partial charge in [0.1, 0.15) is 5.75 Å². The Balaban J connectivity index is 1.65. The maximum atomic E-state index is 11.9. The van der Waals surface area contributed by atoms with Crippen molar-refractivity contribution in [1.29, 1.82) is 0 Å². The van der Waals surface area contributed by atoms with Crippen molar-refractivity contribution in [2.75, 3.05) is 6.61 Å². The molecular formula is C44H80O3. The van der Waals surface area contributed by atoms with E-state index in [-0.39, 0.29) is 11.7 Å². The number of benzene rings is 1. The SMILES string of the molecule is CCCCCCCCCCCCCCCCCCCCCCCCCCCCCCCCCCCC(=O)OCCc1ccc(O)cc1. The molecule has 0 aliphatic heterocycles. The van der Waals surface area contributed by atoms with Crippen LogP contribution >= 0.6 is 0 Å². The van der Waals surface area contributed by atoms with Crippen molar-refractivity contribution >= 4 is 5.97 Å². The van der Waals surface area contributed by atoms with Gasteiger partial charge in [-0.1, -0.05) is 225 Å². The van der Waals surface area contributed by atoms with Gasteiger partial charge in [0.25, 0.3) is 0 Å². The summed E-state index contributed by atoms with van der Waals surface area (Å²) in [5, 5.41) is 9.32. The van der Waals surface area contributed by atoms with Crippen molar-refractivity contribution in [3.8, 4) is 5.75 Å². The third kappa shape index (κ3) is 32.8. The third-order valence-corrected chi connectivity index (χ3v) is 10.1. The van der Waals surface area contributed by atoms with Gasteiger partial charge in [-0.25, -0.2) is 0 Å². The monoisotopic (exact) mass is 657 g/mol. The van der Waals surface area contributed by atoms with Crippen LogP contribution in [0.3, 0.4) is 0 Å². The van der Waals surface area contributed by atoms with Gasteiger partial charge < -0.3 is 9.84 Å². The second-order valence-corrected chi connectivity index (χ2v) is 14.7. The number of esters is 1. The molecule has 0 saturated heterocycles. The van der Waals surface area contributed by atoms with E-state index in [0.717, 1.165) is 18.4 Å². The van der Waals surface area contributed by atoms with Crippen molar-refractivity contribution in [2.24, 2.45) is 0 Å². The Morgan fingerprint density at radius 3 is 1.02 bits per heavy atom. The highest BCUT2D eigenvalue weighted by molar-refractivity contribution is 5.69. The van der Waals surface area contributed by atoms with E-state index in [0.29, 0.717) is 19.4 Å². The van der Waals surface area contributed by atoms with E-state index < -0.39 is 0 Å². The molecule has 0 aliphatic carbocycles. The topological polar surface area (TPSA) is 46.5 Å². The van der Waals surface area contributed by atoms with Gasteiger partial charge in [-0.05, 0) is 24.1 Å². The fourth-order valence-corrected chi connectivity index (χ4v) is 6.84. The number of unbranched alkanes of at least 4 members (excludes halogenated alkanes) is 32. The lowest BCUT2D eigenvalue weighted by Crippen LogP contribution is -2.07. The van der Waals surface area contributed by atoms with Gasteiger partial charge in [0, 0.05) is 12.8 Å². The van der Waals surface area contributed by atoms with Gasteiger partial charge in [-0.3, -0.25) is 4.79 Å². The fraction of sp³-hybridized carbons (Fsp3) is 0.841. The predicted molar refractivity (Wildman–Crippen MR) is 205 cm³/mol. The number of aromatic hydroxyl groups is 1. The van der Waals surface area contributed by atoms with Crippen LogP contribution in [0.4, 0.5) is 0 Å². The van der Waals surface area contributed by atoms with Crippen LogP contribution in [0.25, 0.3) is 0 Å². The summed E-state index contributed by atoms with van der Waals surface area (Å²) in [4.78, 5) is 11.9. The van der Waals surface area contributed by atoms with Crippen molar-refractivity contribution in [3.63, 3.8) is 0 Å². The summed E-state index contributed by atoms with van der Waals surface area (Å²) in [6.45, 7) is 2.72. The Bertz CT molecular complexity index is 758. The van der Waals surface area contributed by atoms with Crippen molar-refractivity contribution in [3.05, 3.63) is 29.8 Å². The predicted octanol–water partition coefficient (Wildman–Crippen LogP) is 14.8. The number of hydrogen-bond acceptors (Lipinski definition) is 3. The zero-order valence-corrected chi connectivity index (χ0v) is 31.5. The Kier molecular flexibility index (Phi) is 33.1. The van der Waals surface area contributed by atoms with Crippen LogP contribution in [0.15, 0.2) is 24.3 Å². The Hall–Kier alpha value is -1.51. The van der Waals surface area contributed by atoms with E-state index in [4.69, 9.17) is 4.74 Å². The second-order valence-electron chi connectivity index (χ2n) is 14.7. The quantitative estimate of drug-likeness (QED) is 0.0572. The summed E-state index contributed by atoms with van der Waals surface area (Å²) >= 11 is 0. The second kappa shape index (κ2) is 35.8. The fourth-order valence-electron chi connectivity index (χ4n) is 6.84. The van der Waals surface area contributed by atoms with E-state index in [1.807, 2.05) is 12.1 Å². The molecule has 0 bridgehead atoms. The average Bonchev–Trinajstić information content (AvgIpc) is 3.07. The number of rotatable bonds is 37. The summed E-state index contributed by atoms with van der Waals surface area (Å²) in [7, 11) is 0. The first-order chi connectivity index (χ1) is 23.2. The minimum atomic E-state index is -0.0791. The molecule has 0 heterocycles. The molecule has 0 fully saturated rings. The van der Waals surface area contributed by atoms with Gasteiger partial charge in [0.05, 0.1) is 6.61 Å². The number of carbonyl (C=O) groups is 1. The molecule has 0 aliphatic rings. The summed E-state index contributed by atoms with van der Waals surface area (Å²) in [6.07, 6.45) is 47.9. The number of hydrogen-bond donors (Lipinski definition) is 1. The Morgan fingerprint density at radius 2 is 0.723 bits per heavy atom. The average molecular weight is 657 g/mol. The van der Waals surface area contributed by atoms with Crippen LogP contribution in [0.1, 0.15) is 231 Å². The molecule has 1 N–H and O–H groups in total. The van der Waals surface area contributed by atoms with Crippen LogP contribution in [-0.4, -0.2) is 17.7 Å². The van der Waals surface area contributed by atoms with Crippen LogP contribution in [0.5, 0.6) is 5.75 Å². The van der Waals surface area contributed by atoms with Gasteiger partial charge >= 0.3 is 5.97 Å². The number of ether oxygens (including phenoxy) is 1. The number of phenolic OH excluding ortho intramolecular Hbond substituents is 1. The minimum absolute atomic E-state index is 0.0791. The summed E-state index contributed by atoms with van der Waals surface area (Å²) in [6, 6.07) is 7.08. The van der Waals surface area contributed by atoms with Crippen LogP contribution in [-0.2, 0) is 16.0 Å². The molecule has 0 radical (unpaired) electrons. The lowest BCUT2D eigenvalue weighted by atomic mass is 10.0. The zero-order chi connectivity index (χ0) is 33.7. The molecule has 0 saturated carbocycles. The molecule has 3 heteroatoms. The number of carbonyl (C=O) groups excluding carboxylic acids is 1. The van der Waals surface area contributed by atoms with Crippen LogP contribution in [0.2, 0.25) is 0 Å². The first-order valence-corrected chi connectivity index (χ1v) is 21.2. The molecule has 3 nitrogen and oxygen atoms in total. The van der Waals surface area contributed by atoms with Gasteiger partial charge in [0.15, 0.2) is 0 Å². The summed E-state index contributed by atoms with van der Waals surface area (Å²) in [5.41, 5.74) is 1.08.